The average molecular weight is 504 g/mol. The fourth-order valence-corrected chi connectivity index (χ4v) is 5.00. The van der Waals surface area contributed by atoms with Crippen molar-refractivity contribution in [2.75, 3.05) is 33.3 Å². The molecule has 37 heavy (non-hydrogen) atoms. The summed E-state index contributed by atoms with van der Waals surface area (Å²) in [4.78, 5) is 31.6. The highest BCUT2D eigenvalue weighted by molar-refractivity contribution is 6.01. The van der Waals surface area contributed by atoms with Crippen LogP contribution in [0.3, 0.4) is 0 Å². The molecular formula is C30H34FN3O3. The number of nitrogens with zero attached hydrogens (tertiary/aromatic N) is 2. The molecule has 0 aliphatic carbocycles. The number of hydrogen-bond acceptors (Lipinski definition) is 4. The topological polar surface area (TPSA) is 61.9 Å². The number of amides is 2. The van der Waals surface area contributed by atoms with Crippen LogP contribution in [0, 0.1) is 5.82 Å². The third kappa shape index (κ3) is 5.83. The number of likely N-dealkylation sites (N-methyl/N-ethyl adjacent to an activating group) is 1. The van der Waals surface area contributed by atoms with Crippen molar-refractivity contribution >= 4 is 11.8 Å². The van der Waals surface area contributed by atoms with Crippen LogP contribution in [0.15, 0.2) is 72.8 Å². The third-order valence-electron chi connectivity index (χ3n) is 7.07. The van der Waals surface area contributed by atoms with E-state index >= 15 is 0 Å². The summed E-state index contributed by atoms with van der Waals surface area (Å²) in [6, 6.07) is 20.4. The number of rotatable bonds is 10. The van der Waals surface area contributed by atoms with Crippen molar-refractivity contribution in [2.24, 2.45) is 0 Å². The Kier molecular flexibility index (Phi) is 8.56. The fourth-order valence-electron chi connectivity index (χ4n) is 5.00. The molecule has 1 aliphatic rings. The number of methoxy groups -OCH3 is 1. The molecule has 1 heterocycles. The highest BCUT2D eigenvalue weighted by atomic mass is 19.1. The summed E-state index contributed by atoms with van der Waals surface area (Å²) < 4.78 is 18.9. The van der Waals surface area contributed by atoms with Gasteiger partial charge in [-0.1, -0.05) is 56.3 Å². The second-order valence-electron chi connectivity index (χ2n) is 9.16. The van der Waals surface area contributed by atoms with Gasteiger partial charge in [-0.3, -0.25) is 9.59 Å². The number of carbonyl (C=O) groups is 2. The quantitative estimate of drug-likeness (QED) is 0.433. The number of halogens is 1. The van der Waals surface area contributed by atoms with E-state index in [1.165, 1.54) is 12.1 Å². The number of fused-ring (bicyclic) bond motifs is 1. The fraction of sp³-hybridized carbons (Fsp3) is 0.333. The molecule has 0 aromatic heterocycles. The largest absolute Gasteiger partial charge is 0.497 e. The zero-order valence-corrected chi connectivity index (χ0v) is 21.6. The SMILES string of the molecule is CCN(CC)CCNC(=O)[C@H]1c2ccccc2C(=O)N(Cc2ccc(F)cc2)[C@H]1c1ccc(OC)cc1. The van der Waals surface area contributed by atoms with Gasteiger partial charge in [0.15, 0.2) is 0 Å². The summed E-state index contributed by atoms with van der Waals surface area (Å²) >= 11 is 0. The van der Waals surface area contributed by atoms with E-state index in [1.807, 2.05) is 42.5 Å². The van der Waals surface area contributed by atoms with E-state index in [-0.39, 0.29) is 24.2 Å². The molecule has 0 radical (unpaired) electrons. The second-order valence-corrected chi connectivity index (χ2v) is 9.16. The van der Waals surface area contributed by atoms with Crippen LogP contribution < -0.4 is 10.1 Å². The first kappa shape index (κ1) is 26.4. The zero-order chi connectivity index (χ0) is 26.4. The van der Waals surface area contributed by atoms with Crippen LogP contribution in [0.1, 0.15) is 52.9 Å². The molecule has 0 unspecified atom stereocenters. The molecule has 0 bridgehead atoms. The van der Waals surface area contributed by atoms with Gasteiger partial charge in [-0.15, -0.1) is 0 Å². The van der Waals surface area contributed by atoms with Crippen molar-refractivity contribution in [1.29, 1.82) is 0 Å². The lowest BCUT2D eigenvalue weighted by Crippen LogP contribution is -2.48. The van der Waals surface area contributed by atoms with Crippen molar-refractivity contribution in [3.8, 4) is 5.75 Å². The lowest BCUT2D eigenvalue weighted by Gasteiger charge is -2.42. The molecule has 4 rings (SSSR count). The van der Waals surface area contributed by atoms with E-state index in [2.05, 4.69) is 24.1 Å². The van der Waals surface area contributed by atoms with Gasteiger partial charge in [-0.2, -0.15) is 0 Å². The molecular weight excluding hydrogens is 469 g/mol. The summed E-state index contributed by atoms with van der Waals surface area (Å²) in [5, 5.41) is 3.13. The van der Waals surface area contributed by atoms with E-state index in [4.69, 9.17) is 4.74 Å². The number of carbonyl (C=O) groups excluding carboxylic acids is 2. The molecule has 2 atom stereocenters. The van der Waals surface area contributed by atoms with Gasteiger partial charge in [0.25, 0.3) is 5.91 Å². The molecule has 2 amide bonds. The first-order chi connectivity index (χ1) is 18.0. The van der Waals surface area contributed by atoms with Gasteiger partial charge >= 0.3 is 0 Å². The van der Waals surface area contributed by atoms with Crippen LogP contribution in [-0.4, -0.2) is 54.9 Å². The van der Waals surface area contributed by atoms with Crippen LogP contribution >= 0.6 is 0 Å². The lowest BCUT2D eigenvalue weighted by atomic mass is 9.79. The molecule has 0 fully saturated rings. The maximum atomic E-state index is 13.8. The highest BCUT2D eigenvalue weighted by Gasteiger charge is 2.44. The molecule has 1 N–H and O–H groups in total. The average Bonchev–Trinajstić information content (AvgIpc) is 2.93. The minimum atomic E-state index is -0.612. The van der Waals surface area contributed by atoms with E-state index in [1.54, 1.807) is 30.2 Å². The van der Waals surface area contributed by atoms with Crippen LogP contribution in [-0.2, 0) is 11.3 Å². The monoisotopic (exact) mass is 503 g/mol. The minimum Gasteiger partial charge on any atom is -0.497 e. The molecule has 3 aromatic rings. The minimum absolute atomic E-state index is 0.128. The van der Waals surface area contributed by atoms with Crippen molar-refractivity contribution in [3.05, 3.63) is 101 Å². The van der Waals surface area contributed by atoms with Gasteiger partial charge in [0.2, 0.25) is 5.91 Å². The number of hydrogen-bond donors (Lipinski definition) is 1. The van der Waals surface area contributed by atoms with Gasteiger partial charge in [0, 0.05) is 25.2 Å². The van der Waals surface area contributed by atoms with Crippen molar-refractivity contribution in [3.63, 3.8) is 0 Å². The normalized spacial score (nSPS) is 17.0. The maximum absolute atomic E-state index is 13.8. The van der Waals surface area contributed by atoms with Gasteiger partial charge < -0.3 is 19.9 Å². The Morgan fingerprint density at radius 3 is 2.32 bits per heavy atom. The number of benzene rings is 3. The summed E-state index contributed by atoms with van der Waals surface area (Å²) in [5.41, 5.74) is 2.84. The van der Waals surface area contributed by atoms with E-state index in [9.17, 15) is 14.0 Å². The summed E-state index contributed by atoms with van der Waals surface area (Å²) in [6.07, 6.45) is 0. The lowest BCUT2D eigenvalue weighted by molar-refractivity contribution is -0.124. The maximum Gasteiger partial charge on any atom is 0.255 e. The highest BCUT2D eigenvalue weighted by Crippen LogP contribution is 2.44. The Morgan fingerprint density at radius 1 is 1.00 bits per heavy atom. The van der Waals surface area contributed by atoms with Crippen LogP contribution in [0.5, 0.6) is 5.75 Å². The second kappa shape index (κ2) is 12.0. The van der Waals surface area contributed by atoms with Crippen LogP contribution in [0.25, 0.3) is 0 Å². The number of nitrogens with one attached hydrogen (secondary N) is 1. The van der Waals surface area contributed by atoms with Crippen LogP contribution in [0.2, 0.25) is 0 Å². The molecule has 6 nitrogen and oxygen atoms in total. The summed E-state index contributed by atoms with van der Waals surface area (Å²) in [6.45, 7) is 7.52. The van der Waals surface area contributed by atoms with E-state index < -0.39 is 12.0 Å². The van der Waals surface area contributed by atoms with Crippen molar-refractivity contribution in [1.82, 2.24) is 15.1 Å². The van der Waals surface area contributed by atoms with Crippen molar-refractivity contribution < 1.29 is 18.7 Å². The molecule has 7 heteroatoms. The molecule has 0 spiro atoms. The Bertz CT molecular complexity index is 1210. The Hall–Kier alpha value is -3.71. The smallest absolute Gasteiger partial charge is 0.255 e. The third-order valence-corrected chi connectivity index (χ3v) is 7.07. The zero-order valence-electron chi connectivity index (χ0n) is 21.6. The Morgan fingerprint density at radius 2 is 1.68 bits per heavy atom. The number of ether oxygens (including phenoxy) is 1. The van der Waals surface area contributed by atoms with Crippen molar-refractivity contribution in [2.45, 2.75) is 32.4 Å². The molecule has 1 aliphatic heterocycles. The van der Waals surface area contributed by atoms with Gasteiger partial charge in [-0.05, 0) is 60.1 Å². The first-order valence-electron chi connectivity index (χ1n) is 12.7. The molecule has 194 valence electrons. The summed E-state index contributed by atoms with van der Waals surface area (Å²) in [5.74, 6) is -0.544. The summed E-state index contributed by atoms with van der Waals surface area (Å²) in [7, 11) is 1.60. The standard InChI is InChI=1S/C30H34FN3O3/c1-4-33(5-2)19-18-32-29(35)27-25-8-6-7-9-26(25)30(36)34(20-21-10-14-23(31)15-11-21)28(27)22-12-16-24(37-3)17-13-22/h6-17,27-28H,4-5,18-20H2,1-3H3,(H,32,35)/t27-,28-/m0/s1. The van der Waals surface area contributed by atoms with Gasteiger partial charge in [0.1, 0.15) is 11.6 Å². The van der Waals surface area contributed by atoms with Gasteiger partial charge in [0.05, 0.1) is 19.1 Å². The van der Waals surface area contributed by atoms with Gasteiger partial charge in [-0.25, -0.2) is 4.39 Å². The predicted molar refractivity (Wildman–Crippen MR) is 142 cm³/mol. The van der Waals surface area contributed by atoms with E-state index in [0.717, 1.165) is 30.8 Å². The molecule has 0 saturated heterocycles. The van der Waals surface area contributed by atoms with E-state index in [0.29, 0.717) is 23.4 Å². The Labute approximate surface area is 218 Å². The first-order valence-corrected chi connectivity index (χ1v) is 12.7. The van der Waals surface area contributed by atoms with Crippen LogP contribution in [0.4, 0.5) is 4.39 Å². The molecule has 0 saturated carbocycles. The molecule has 3 aromatic carbocycles. The predicted octanol–water partition coefficient (Wildman–Crippen LogP) is 4.77. The Balaban J connectivity index is 1.76.